The molecule has 3 rings (SSSR count). The monoisotopic (exact) mass is 250 g/mol. The van der Waals surface area contributed by atoms with Gasteiger partial charge in [-0.15, -0.1) is 0 Å². The number of benzene rings is 2. The highest BCUT2D eigenvalue weighted by molar-refractivity contribution is 5.82. The van der Waals surface area contributed by atoms with Crippen LogP contribution >= 0.6 is 0 Å². The van der Waals surface area contributed by atoms with Crippen LogP contribution in [-0.4, -0.2) is 0 Å². The predicted molar refractivity (Wildman–Crippen MR) is 82.0 cm³/mol. The second kappa shape index (κ2) is 4.16. The molecule has 0 aromatic heterocycles. The van der Waals surface area contributed by atoms with Gasteiger partial charge in [-0.05, 0) is 60.4 Å². The average Bonchev–Trinajstić information content (AvgIpc) is 2.62. The van der Waals surface area contributed by atoms with Gasteiger partial charge < -0.3 is 11.5 Å². The van der Waals surface area contributed by atoms with Crippen molar-refractivity contribution < 1.29 is 0 Å². The zero-order valence-electron chi connectivity index (χ0n) is 11.3. The van der Waals surface area contributed by atoms with E-state index in [9.17, 15) is 0 Å². The first-order chi connectivity index (χ1) is 9.06. The standard InChI is InChI=1S/C17H18N2/c1-10(2)7-15-16-8-11(18)3-5-13(16)14-6-4-12(19)9-17(14)15/h3-9,15H,18-19H2,1-2H3. The molecule has 2 heteroatoms. The first kappa shape index (κ1) is 11.8. The van der Waals surface area contributed by atoms with Gasteiger partial charge in [-0.25, -0.2) is 0 Å². The van der Waals surface area contributed by atoms with Crippen LogP contribution in [0.5, 0.6) is 0 Å². The molecule has 0 heterocycles. The van der Waals surface area contributed by atoms with Crippen molar-refractivity contribution in [3.63, 3.8) is 0 Å². The minimum Gasteiger partial charge on any atom is -0.399 e. The molecular weight excluding hydrogens is 232 g/mol. The molecule has 0 aliphatic heterocycles. The van der Waals surface area contributed by atoms with Gasteiger partial charge in [0.1, 0.15) is 0 Å². The number of rotatable bonds is 1. The fourth-order valence-electron chi connectivity index (χ4n) is 2.85. The molecule has 4 N–H and O–H groups in total. The normalized spacial score (nSPS) is 12.9. The van der Waals surface area contributed by atoms with E-state index < -0.39 is 0 Å². The highest BCUT2D eigenvalue weighted by atomic mass is 14.6. The molecule has 2 aromatic carbocycles. The second-order valence-electron chi connectivity index (χ2n) is 5.42. The Bertz CT molecular complexity index is 628. The van der Waals surface area contributed by atoms with E-state index in [1.807, 2.05) is 12.1 Å². The summed E-state index contributed by atoms with van der Waals surface area (Å²) >= 11 is 0. The Morgan fingerprint density at radius 1 is 0.895 bits per heavy atom. The second-order valence-corrected chi connectivity index (χ2v) is 5.42. The third-order valence-electron chi connectivity index (χ3n) is 3.61. The van der Waals surface area contributed by atoms with Gasteiger partial charge in [0.05, 0.1) is 0 Å². The fourth-order valence-corrected chi connectivity index (χ4v) is 2.85. The quantitative estimate of drug-likeness (QED) is 0.595. The maximum Gasteiger partial charge on any atom is 0.0317 e. The largest absolute Gasteiger partial charge is 0.399 e. The van der Waals surface area contributed by atoms with Gasteiger partial charge in [0.2, 0.25) is 0 Å². The van der Waals surface area contributed by atoms with Gasteiger partial charge in [-0.2, -0.15) is 0 Å². The van der Waals surface area contributed by atoms with Crippen LogP contribution in [0.1, 0.15) is 30.9 Å². The van der Waals surface area contributed by atoms with E-state index in [1.54, 1.807) is 0 Å². The van der Waals surface area contributed by atoms with E-state index >= 15 is 0 Å². The van der Waals surface area contributed by atoms with Crippen molar-refractivity contribution >= 4 is 11.4 Å². The van der Waals surface area contributed by atoms with Crippen LogP contribution in [0.25, 0.3) is 11.1 Å². The molecule has 0 unspecified atom stereocenters. The van der Waals surface area contributed by atoms with Crippen LogP contribution in [0.2, 0.25) is 0 Å². The Labute approximate surface area is 113 Å². The third-order valence-corrected chi connectivity index (χ3v) is 3.61. The molecule has 0 atom stereocenters. The highest BCUT2D eigenvalue weighted by Crippen LogP contribution is 2.47. The molecule has 0 fully saturated rings. The molecule has 2 aromatic rings. The molecule has 1 aliphatic rings. The predicted octanol–water partition coefficient (Wildman–Crippen LogP) is 3.93. The maximum atomic E-state index is 5.94. The van der Waals surface area contributed by atoms with E-state index in [0.29, 0.717) is 0 Å². The van der Waals surface area contributed by atoms with E-state index in [1.165, 1.54) is 27.8 Å². The number of hydrogen-bond donors (Lipinski definition) is 2. The van der Waals surface area contributed by atoms with Crippen molar-refractivity contribution in [2.45, 2.75) is 19.8 Å². The molecular formula is C17H18N2. The lowest BCUT2D eigenvalue weighted by Crippen LogP contribution is -1.96. The number of anilines is 2. The molecule has 19 heavy (non-hydrogen) atoms. The van der Waals surface area contributed by atoms with E-state index in [4.69, 9.17) is 11.5 Å². The first-order valence-corrected chi connectivity index (χ1v) is 6.50. The van der Waals surface area contributed by atoms with Crippen molar-refractivity contribution in [1.82, 2.24) is 0 Å². The topological polar surface area (TPSA) is 52.0 Å². The fraction of sp³-hybridized carbons (Fsp3) is 0.176. The first-order valence-electron chi connectivity index (χ1n) is 6.50. The smallest absolute Gasteiger partial charge is 0.0317 e. The third kappa shape index (κ3) is 1.89. The number of nitrogens with two attached hydrogens (primary N) is 2. The van der Waals surface area contributed by atoms with Crippen molar-refractivity contribution in [2.24, 2.45) is 0 Å². The molecule has 1 aliphatic carbocycles. The maximum absolute atomic E-state index is 5.94. The summed E-state index contributed by atoms with van der Waals surface area (Å²) in [4.78, 5) is 0. The van der Waals surface area contributed by atoms with E-state index in [-0.39, 0.29) is 5.92 Å². The molecule has 96 valence electrons. The number of nitrogen functional groups attached to an aromatic ring is 2. The Kier molecular flexibility index (Phi) is 2.59. The molecule has 0 spiro atoms. The summed E-state index contributed by atoms with van der Waals surface area (Å²) in [6.07, 6.45) is 2.28. The van der Waals surface area contributed by atoms with Crippen LogP contribution < -0.4 is 11.5 Å². The van der Waals surface area contributed by atoms with E-state index in [0.717, 1.165) is 11.4 Å². The summed E-state index contributed by atoms with van der Waals surface area (Å²) < 4.78 is 0. The van der Waals surface area contributed by atoms with Crippen molar-refractivity contribution in [3.05, 3.63) is 59.2 Å². The van der Waals surface area contributed by atoms with Crippen LogP contribution in [-0.2, 0) is 0 Å². The zero-order chi connectivity index (χ0) is 13.6. The summed E-state index contributed by atoms with van der Waals surface area (Å²) in [5.41, 5.74) is 19.9. The summed E-state index contributed by atoms with van der Waals surface area (Å²) in [6, 6.07) is 12.3. The molecule has 0 radical (unpaired) electrons. The van der Waals surface area contributed by atoms with E-state index in [2.05, 4.69) is 44.2 Å². The Morgan fingerprint density at radius 3 is 1.79 bits per heavy atom. The number of allylic oxidation sites excluding steroid dienone is 2. The lowest BCUT2D eigenvalue weighted by Gasteiger charge is -2.10. The van der Waals surface area contributed by atoms with Gasteiger partial charge in [0.15, 0.2) is 0 Å². The molecule has 0 saturated carbocycles. The molecule has 0 saturated heterocycles. The SMILES string of the molecule is CC(C)=CC1c2cc(N)ccc2-c2ccc(N)cc21. The van der Waals surface area contributed by atoms with Gasteiger partial charge in [-0.1, -0.05) is 23.8 Å². The molecule has 2 nitrogen and oxygen atoms in total. The average molecular weight is 250 g/mol. The van der Waals surface area contributed by atoms with Gasteiger partial charge in [-0.3, -0.25) is 0 Å². The molecule has 0 bridgehead atoms. The zero-order valence-corrected chi connectivity index (χ0v) is 11.3. The summed E-state index contributed by atoms with van der Waals surface area (Å²) in [5, 5.41) is 0. The van der Waals surface area contributed by atoms with Crippen LogP contribution in [0.15, 0.2) is 48.0 Å². The van der Waals surface area contributed by atoms with Crippen LogP contribution in [0.4, 0.5) is 11.4 Å². The lowest BCUT2D eigenvalue weighted by atomic mass is 9.94. The Morgan fingerprint density at radius 2 is 1.37 bits per heavy atom. The van der Waals surface area contributed by atoms with Gasteiger partial charge in [0.25, 0.3) is 0 Å². The van der Waals surface area contributed by atoms with Crippen LogP contribution in [0, 0.1) is 0 Å². The minimum atomic E-state index is 0.266. The number of hydrogen-bond acceptors (Lipinski definition) is 2. The Hall–Kier alpha value is -2.22. The minimum absolute atomic E-state index is 0.266. The Balaban J connectivity index is 2.29. The number of fused-ring (bicyclic) bond motifs is 3. The molecule has 0 amide bonds. The van der Waals surface area contributed by atoms with Crippen molar-refractivity contribution in [3.8, 4) is 11.1 Å². The highest BCUT2D eigenvalue weighted by Gasteiger charge is 2.27. The van der Waals surface area contributed by atoms with Gasteiger partial charge in [0, 0.05) is 17.3 Å². The summed E-state index contributed by atoms with van der Waals surface area (Å²) in [6.45, 7) is 4.24. The van der Waals surface area contributed by atoms with Crippen molar-refractivity contribution in [2.75, 3.05) is 11.5 Å². The lowest BCUT2D eigenvalue weighted by molar-refractivity contribution is 1.05. The summed E-state index contributed by atoms with van der Waals surface area (Å²) in [5.74, 6) is 0.266. The van der Waals surface area contributed by atoms with Crippen molar-refractivity contribution in [1.29, 1.82) is 0 Å². The van der Waals surface area contributed by atoms with Gasteiger partial charge >= 0.3 is 0 Å². The summed E-state index contributed by atoms with van der Waals surface area (Å²) in [7, 11) is 0. The van der Waals surface area contributed by atoms with Crippen LogP contribution in [0.3, 0.4) is 0 Å².